The lowest BCUT2D eigenvalue weighted by atomic mass is 9.92. The van der Waals surface area contributed by atoms with Crippen molar-refractivity contribution in [2.24, 2.45) is 0 Å². The van der Waals surface area contributed by atoms with Crippen LogP contribution in [0.5, 0.6) is 0 Å². The Bertz CT molecular complexity index is 1300. The molecule has 4 aromatic rings. The van der Waals surface area contributed by atoms with Gasteiger partial charge in [-0.3, -0.25) is 0 Å². The lowest BCUT2D eigenvalue weighted by Gasteiger charge is -2.36. The van der Waals surface area contributed by atoms with Gasteiger partial charge in [0.2, 0.25) is 5.95 Å². The summed E-state index contributed by atoms with van der Waals surface area (Å²) >= 11 is 5.98. The SMILES string of the molecule is Fc1cnc(N2CCc3c([nH]c4ccc(Cl)c(F)c34)C2c2ccc(C(F)(F)F)cc2)nc1. The van der Waals surface area contributed by atoms with Gasteiger partial charge in [-0.2, -0.15) is 13.2 Å². The molecule has 1 aliphatic rings. The Morgan fingerprint density at radius 2 is 1.69 bits per heavy atom. The molecule has 3 heterocycles. The van der Waals surface area contributed by atoms with Gasteiger partial charge in [0.05, 0.1) is 29.0 Å². The van der Waals surface area contributed by atoms with Crippen LogP contribution in [0.25, 0.3) is 10.9 Å². The molecule has 0 bridgehead atoms. The van der Waals surface area contributed by atoms with E-state index < -0.39 is 29.4 Å². The number of aromatic nitrogens is 3. The minimum Gasteiger partial charge on any atom is -0.356 e. The highest BCUT2D eigenvalue weighted by Gasteiger charge is 2.35. The number of halogens is 6. The lowest BCUT2D eigenvalue weighted by molar-refractivity contribution is -0.137. The molecule has 0 amide bonds. The van der Waals surface area contributed by atoms with Crippen LogP contribution in [-0.4, -0.2) is 21.5 Å². The van der Waals surface area contributed by atoms with Gasteiger partial charge in [-0.05, 0) is 41.8 Å². The summed E-state index contributed by atoms with van der Waals surface area (Å²) in [5, 5.41) is 0.332. The van der Waals surface area contributed by atoms with E-state index in [9.17, 15) is 22.0 Å². The third kappa shape index (κ3) is 3.37. The van der Waals surface area contributed by atoms with Gasteiger partial charge in [0.15, 0.2) is 11.6 Å². The van der Waals surface area contributed by atoms with Gasteiger partial charge in [0.25, 0.3) is 0 Å². The van der Waals surface area contributed by atoms with E-state index in [1.165, 1.54) is 18.2 Å². The second kappa shape index (κ2) is 7.44. The fourth-order valence-electron chi connectivity index (χ4n) is 4.19. The predicted octanol–water partition coefficient (Wildman–Crippen LogP) is 6.06. The number of hydrogen-bond acceptors (Lipinski definition) is 3. The zero-order valence-electron chi connectivity index (χ0n) is 16.2. The number of nitrogens with one attached hydrogen (secondary N) is 1. The van der Waals surface area contributed by atoms with Gasteiger partial charge in [0, 0.05) is 23.1 Å². The van der Waals surface area contributed by atoms with Crippen LogP contribution in [0.2, 0.25) is 5.02 Å². The molecule has 0 spiro atoms. The summed E-state index contributed by atoms with van der Waals surface area (Å²) in [6.45, 7) is 0.337. The Morgan fingerprint density at radius 1 is 1.00 bits per heavy atom. The summed E-state index contributed by atoms with van der Waals surface area (Å²) < 4.78 is 67.4. The summed E-state index contributed by atoms with van der Waals surface area (Å²) in [7, 11) is 0. The zero-order valence-corrected chi connectivity index (χ0v) is 17.0. The van der Waals surface area contributed by atoms with Gasteiger partial charge in [-0.25, -0.2) is 18.7 Å². The molecular formula is C22H14ClF5N4. The monoisotopic (exact) mass is 464 g/mol. The second-order valence-corrected chi connectivity index (χ2v) is 7.88. The number of nitrogens with zero attached hydrogens (tertiary/aromatic N) is 3. The molecule has 0 saturated carbocycles. The van der Waals surface area contributed by atoms with E-state index in [-0.39, 0.29) is 11.0 Å². The van der Waals surface area contributed by atoms with Crippen LogP contribution in [0.1, 0.15) is 28.4 Å². The van der Waals surface area contributed by atoms with Crippen molar-refractivity contribution in [3.63, 3.8) is 0 Å². The van der Waals surface area contributed by atoms with E-state index in [1.54, 1.807) is 11.0 Å². The molecule has 1 aliphatic heterocycles. The number of fused-ring (bicyclic) bond motifs is 3. The van der Waals surface area contributed by atoms with Crippen molar-refractivity contribution in [3.8, 4) is 0 Å². The fourth-order valence-corrected chi connectivity index (χ4v) is 4.34. The minimum atomic E-state index is -4.48. The molecule has 164 valence electrons. The lowest BCUT2D eigenvalue weighted by Crippen LogP contribution is -2.37. The Labute approximate surface area is 183 Å². The number of H-pyrrole nitrogens is 1. The number of aromatic amines is 1. The Morgan fingerprint density at radius 3 is 2.34 bits per heavy atom. The maximum atomic E-state index is 14.8. The van der Waals surface area contributed by atoms with Crippen molar-refractivity contribution in [2.45, 2.75) is 18.6 Å². The van der Waals surface area contributed by atoms with Crippen LogP contribution in [0.15, 0.2) is 48.8 Å². The largest absolute Gasteiger partial charge is 0.416 e. The van der Waals surface area contributed by atoms with E-state index in [4.69, 9.17) is 11.6 Å². The Hall–Kier alpha value is -3.20. The average molecular weight is 465 g/mol. The molecular weight excluding hydrogens is 451 g/mol. The van der Waals surface area contributed by atoms with E-state index >= 15 is 0 Å². The van der Waals surface area contributed by atoms with Crippen molar-refractivity contribution in [1.29, 1.82) is 0 Å². The van der Waals surface area contributed by atoms with E-state index in [1.807, 2.05) is 0 Å². The van der Waals surface area contributed by atoms with Gasteiger partial charge in [-0.1, -0.05) is 23.7 Å². The Kier molecular flexibility index (Phi) is 4.81. The first-order chi connectivity index (χ1) is 15.2. The van der Waals surface area contributed by atoms with Crippen LogP contribution in [-0.2, 0) is 12.6 Å². The van der Waals surface area contributed by atoms with E-state index in [2.05, 4.69) is 15.0 Å². The van der Waals surface area contributed by atoms with Gasteiger partial charge in [-0.15, -0.1) is 0 Å². The van der Waals surface area contributed by atoms with Crippen LogP contribution in [0.3, 0.4) is 0 Å². The molecule has 32 heavy (non-hydrogen) atoms. The van der Waals surface area contributed by atoms with Crippen molar-refractivity contribution >= 4 is 28.5 Å². The highest BCUT2D eigenvalue weighted by atomic mass is 35.5. The van der Waals surface area contributed by atoms with Crippen LogP contribution < -0.4 is 4.90 Å². The van der Waals surface area contributed by atoms with Crippen LogP contribution in [0, 0.1) is 11.6 Å². The topological polar surface area (TPSA) is 44.8 Å². The van der Waals surface area contributed by atoms with Crippen molar-refractivity contribution < 1.29 is 22.0 Å². The number of benzene rings is 2. The first kappa shape index (κ1) is 20.7. The van der Waals surface area contributed by atoms with Crippen molar-refractivity contribution in [2.75, 3.05) is 11.4 Å². The average Bonchev–Trinajstić information content (AvgIpc) is 3.15. The molecule has 4 nitrogen and oxygen atoms in total. The molecule has 0 radical (unpaired) electrons. The first-order valence-electron chi connectivity index (χ1n) is 9.64. The number of hydrogen-bond donors (Lipinski definition) is 1. The maximum absolute atomic E-state index is 14.8. The zero-order chi connectivity index (χ0) is 22.6. The van der Waals surface area contributed by atoms with E-state index in [0.29, 0.717) is 40.7 Å². The van der Waals surface area contributed by atoms with Crippen LogP contribution >= 0.6 is 11.6 Å². The molecule has 5 rings (SSSR count). The first-order valence-corrected chi connectivity index (χ1v) is 10.0. The number of alkyl halides is 3. The van der Waals surface area contributed by atoms with E-state index in [0.717, 1.165) is 24.5 Å². The van der Waals surface area contributed by atoms with Crippen molar-refractivity contribution in [3.05, 3.63) is 87.8 Å². The third-order valence-corrected chi connectivity index (χ3v) is 5.89. The fraction of sp³-hybridized carbons (Fsp3) is 0.182. The van der Waals surface area contributed by atoms with Gasteiger partial charge in [0.1, 0.15) is 0 Å². The third-order valence-electron chi connectivity index (χ3n) is 5.60. The molecule has 2 aromatic heterocycles. The molecule has 0 fully saturated rings. The number of anilines is 1. The summed E-state index contributed by atoms with van der Waals surface area (Å²) in [4.78, 5) is 13.0. The summed E-state index contributed by atoms with van der Waals surface area (Å²) in [5.41, 5.74) is 1.54. The Balaban J connectivity index is 1.70. The van der Waals surface area contributed by atoms with Gasteiger partial charge < -0.3 is 9.88 Å². The molecule has 1 atom stereocenters. The summed E-state index contributed by atoms with van der Waals surface area (Å²) in [6, 6.07) is 7.18. The number of rotatable bonds is 2. The minimum absolute atomic E-state index is 0.0188. The molecule has 10 heteroatoms. The standard InChI is InChI=1S/C22H14ClF5N4/c23-15-5-6-16-17(18(15)25)14-7-8-32(21-29-9-13(24)10-30-21)20(19(14)31-16)11-1-3-12(4-2-11)22(26,27)28/h1-6,9-10,20,31H,7-8H2. The quantitative estimate of drug-likeness (QED) is 0.367. The summed E-state index contributed by atoms with van der Waals surface area (Å²) in [6.07, 6.45) is -2.03. The maximum Gasteiger partial charge on any atom is 0.416 e. The predicted molar refractivity (Wildman–Crippen MR) is 110 cm³/mol. The molecule has 1 unspecified atom stereocenters. The highest BCUT2D eigenvalue weighted by molar-refractivity contribution is 6.31. The molecule has 1 N–H and O–H groups in total. The highest BCUT2D eigenvalue weighted by Crippen LogP contribution is 2.42. The normalized spacial score (nSPS) is 16.4. The molecule has 2 aromatic carbocycles. The molecule has 0 saturated heterocycles. The summed E-state index contributed by atoms with van der Waals surface area (Å²) in [5.74, 6) is -0.960. The van der Waals surface area contributed by atoms with Gasteiger partial charge >= 0.3 is 6.18 Å². The smallest absolute Gasteiger partial charge is 0.356 e. The van der Waals surface area contributed by atoms with Crippen molar-refractivity contribution in [1.82, 2.24) is 15.0 Å². The van der Waals surface area contributed by atoms with Crippen LogP contribution in [0.4, 0.5) is 27.9 Å². The second-order valence-electron chi connectivity index (χ2n) is 7.47. The molecule has 0 aliphatic carbocycles.